The molecular formula is C10H17BrN4. The van der Waals surface area contributed by atoms with Crippen molar-refractivity contribution < 1.29 is 0 Å². The van der Waals surface area contributed by atoms with E-state index in [9.17, 15) is 0 Å². The second-order valence-electron chi connectivity index (χ2n) is 4.38. The van der Waals surface area contributed by atoms with Gasteiger partial charge in [-0.1, -0.05) is 6.92 Å². The molecule has 84 valence electrons. The minimum atomic E-state index is 0.686. The van der Waals surface area contributed by atoms with Gasteiger partial charge in [-0.3, -0.25) is 9.58 Å². The molecule has 1 aliphatic rings. The fourth-order valence-corrected chi connectivity index (χ4v) is 2.38. The van der Waals surface area contributed by atoms with Crippen LogP contribution in [0.5, 0.6) is 0 Å². The van der Waals surface area contributed by atoms with Gasteiger partial charge in [-0.2, -0.15) is 0 Å². The first-order valence-electron chi connectivity index (χ1n) is 5.43. The van der Waals surface area contributed by atoms with E-state index in [1.54, 1.807) is 0 Å². The van der Waals surface area contributed by atoms with Gasteiger partial charge in [0.1, 0.15) is 5.82 Å². The van der Waals surface area contributed by atoms with Crippen molar-refractivity contribution in [3.8, 4) is 0 Å². The fraction of sp³-hybridized carbons (Fsp3) is 0.800. The Kier molecular flexibility index (Phi) is 3.41. The third-order valence-electron chi connectivity index (χ3n) is 3.07. The molecule has 1 aromatic rings. The van der Waals surface area contributed by atoms with Gasteiger partial charge in [-0.05, 0) is 47.8 Å². The molecule has 2 heterocycles. The van der Waals surface area contributed by atoms with Gasteiger partial charge in [-0.15, -0.1) is 5.10 Å². The van der Waals surface area contributed by atoms with E-state index in [4.69, 9.17) is 0 Å². The molecule has 2 rings (SSSR count). The van der Waals surface area contributed by atoms with E-state index in [2.05, 4.69) is 37.8 Å². The maximum absolute atomic E-state index is 4.35. The zero-order valence-corrected chi connectivity index (χ0v) is 10.9. The minimum absolute atomic E-state index is 0.686. The zero-order chi connectivity index (χ0) is 10.8. The van der Waals surface area contributed by atoms with Crippen molar-refractivity contribution in [3.05, 3.63) is 10.6 Å². The number of piperidine rings is 1. The summed E-state index contributed by atoms with van der Waals surface area (Å²) in [6.45, 7) is 5.62. The van der Waals surface area contributed by atoms with Crippen LogP contribution in [0.4, 0.5) is 0 Å². The van der Waals surface area contributed by atoms with Crippen LogP contribution < -0.4 is 0 Å². The number of halogens is 1. The van der Waals surface area contributed by atoms with Crippen molar-refractivity contribution in [1.82, 2.24) is 19.7 Å². The highest BCUT2D eigenvalue weighted by Crippen LogP contribution is 2.17. The van der Waals surface area contributed by atoms with Crippen molar-refractivity contribution in [2.45, 2.75) is 26.3 Å². The van der Waals surface area contributed by atoms with Crippen molar-refractivity contribution in [2.24, 2.45) is 13.0 Å². The van der Waals surface area contributed by atoms with Crippen LogP contribution in [-0.4, -0.2) is 32.8 Å². The van der Waals surface area contributed by atoms with Crippen LogP contribution in [0.25, 0.3) is 0 Å². The van der Waals surface area contributed by atoms with E-state index in [1.165, 1.54) is 25.9 Å². The Morgan fingerprint density at radius 3 is 2.60 bits per heavy atom. The highest BCUT2D eigenvalue weighted by molar-refractivity contribution is 9.10. The van der Waals surface area contributed by atoms with Gasteiger partial charge in [0.15, 0.2) is 0 Å². The summed E-state index contributed by atoms with van der Waals surface area (Å²) in [5.41, 5.74) is 0. The molecule has 0 N–H and O–H groups in total. The molecule has 1 fully saturated rings. The summed E-state index contributed by atoms with van der Waals surface area (Å²) < 4.78 is 2.53. The summed E-state index contributed by atoms with van der Waals surface area (Å²) in [4.78, 5) is 6.81. The van der Waals surface area contributed by atoms with E-state index in [1.807, 2.05) is 11.7 Å². The topological polar surface area (TPSA) is 34.0 Å². The third kappa shape index (κ3) is 2.78. The van der Waals surface area contributed by atoms with Crippen LogP contribution in [0, 0.1) is 5.92 Å². The van der Waals surface area contributed by atoms with Crippen molar-refractivity contribution >= 4 is 15.9 Å². The summed E-state index contributed by atoms with van der Waals surface area (Å²) in [6.07, 6.45) is 2.61. The molecule has 1 saturated heterocycles. The van der Waals surface area contributed by atoms with Crippen molar-refractivity contribution in [2.75, 3.05) is 13.1 Å². The molecule has 5 heteroatoms. The number of aromatic nitrogens is 3. The predicted molar refractivity (Wildman–Crippen MR) is 62.4 cm³/mol. The third-order valence-corrected chi connectivity index (χ3v) is 3.40. The van der Waals surface area contributed by atoms with Crippen LogP contribution in [0.3, 0.4) is 0 Å². The quantitative estimate of drug-likeness (QED) is 0.824. The highest BCUT2D eigenvalue weighted by atomic mass is 79.9. The largest absolute Gasteiger partial charge is 0.296 e. The van der Waals surface area contributed by atoms with Gasteiger partial charge in [0, 0.05) is 7.05 Å². The van der Waals surface area contributed by atoms with E-state index in [0.29, 0.717) is 4.73 Å². The van der Waals surface area contributed by atoms with E-state index >= 15 is 0 Å². The van der Waals surface area contributed by atoms with Crippen molar-refractivity contribution in [3.63, 3.8) is 0 Å². The molecule has 0 atom stereocenters. The molecule has 15 heavy (non-hydrogen) atoms. The number of aryl methyl sites for hydroxylation is 1. The maximum atomic E-state index is 4.35. The second-order valence-corrected chi connectivity index (χ2v) is 5.09. The summed E-state index contributed by atoms with van der Waals surface area (Å²) in [7, 11) is 1.94. The molecule has 0 radical (unpaired) electrons. The molecule has 4 nitrogen and oxygen atoms in total. The van der Waals surface area contributed by atoms with Gasteiger partial charge < -0.3 is 0 Å². The normalized spacial score (nSPS) is 19.7. The molecule has 0 bridgehead atoms. The summed E-state index contributed by atoms with van der Waals surface area (Å²) in [5, 5.41) is 4.19. The first-order valence-corrected chi connectivity index (χ1v) is 6.22. The van der Waals surface area contributed by atoms with Gasteiger partial charge in [0.05, 0.1) is 6.54 Å². The average molecular weight is 273 g/mol. The number of nitrogens with zero attached hydrogens (tertiary/aromatic N) is 4. The van der Waals surface area contributed by atoms with Crippen LogP contribution in [0.2, 0.25) is 0 Å². The highest BCUT2D eigenvalue weighted by Gasteiger charge is 2.17. The lowest BCUT2D eigenvalue weighted by Gasteiger charge is -2.29. The predicted octanol–water partition coefficient (Wildman–Crippen LogP) is 1.81. The summed E-state index contributed by atoms with van der Waals surface area (Å²) >= 11 is 3.30. The van der Waals surface area contributed by atoms with Crippen LogP contribution >= 0.6 is 15.9 Å². The zero-order valence-electron chi connectivity index (χ0n) is 9.28. The maximum Gasteiger partial charge on any atom is 0.217 e. The second kappa shape index (κ2) is 4.61. The first kappa shape index (κ1) is 11.1. The summed E-state index contributed by atoms with van der Waals surface area (Å²) in [6, 6.07) is 0. The minimum Gasteiger partial charge on any atom is -0.296 e. The van der Waals surface area contributed by atoms with E-state index in [-0.39, 0.29) is 0 Å². The monoisotopic (exact) mass is 272 g/mol. The lowest BCUT2D eigenvalue weighted by molar-refractivity contribution is 0.179. The van der Waals surface area contributed by atoms with Crippen molar-refractivity contribution in [1.29, 1.82) is 0 Å². The first-order chi connectivity index (χ1) is 7.15. The molecule has 1 aliphatic heterocycles. The number of likely N-dealkylation sites (tertiary alicyclic amines) is 1. The van der Waals surface area contributed by atoms with E-state index < -0.39 is 0 Å². The van der Waals surface area contributed by atoms with Gasteiger partial charge in [0.2, 0.25) is 4.73 Å². The lowest BCUT2D eigenvalue weighted by atomic mass is 9.99. The molecule has 0 aromatic carbocycles. The smallest absolute Gasteiger partial charge is 0.217 e. The standard InChI is InChI=1S/C10H17BrN4/c1-8-3-5-15(6-4-8)7-9-12-10(11)13-14(9)2/h8H,3-7H2,1-2H3. The Balaban J connectivity index is 1.94. The molecule has 0 amide bonds. The molecule has 1 aromatic heterocycles. The Morgan fingerprint density at radius 1 is 1.40 bits per heavy atom. The van der Waals surface area contributed by atoms with Crippen LogP contribution in [0.15, 0.2) is 4.73 Å². The number of rotatable bonds is 2. The Hall–Kier alpha value is -0.420. The Labute approximate surface area is 98.8 Å². The number of hydrogen-bond donors (Lipinski definition) is 0. The van der Waals surface area contributed by atoms with Crippen LogP contribution in [-0.2, 0) is 13.6 Å². The molecule has 0 spiro atoms. The van der Waals surface area contributed by atoms with Crippen LogP contribution in [0.1, 0.15) is 25.6 Å². The number of hydrogen-bond acceptors (Lipinski definition) is 3. The van der Waals surface area contributed by atoms with Gasteiger partial charge in [-0.25, -0.2) is 4.98 Å². The molecule has 0 saturated carbocycles. The SMILES string of the molecule is CC1CCN(Cc2nc(Br)nn2C)CC1. The fourth-order valence-electron chi connectivity index (χ4n) is 1.94. The molecular weight excluding hydrogens is 256 g/mol. The average Bonchev–Trinajstić information content (AvgIpc) is 2.49. The molecule has 0 unspecified atom stereocenters. The van der Waals surface area contributed by atoms with Gasteiger partial charge >= 0.3 is 0 Å². The Morgan fingerprint density at radius 2 is 2.07 bits per heavy atom. The lowest BCUT2D eigenvalue weighted by Crippen LogP contribution is -2.33. The summed E-state index contributed by atoms with van der Waals surface area (Å²) in [5.74, 6) is 1.92. The van der Waals surface area contributed by atoms with Gasteiger partial charge in [0.25, 0.3) is 0 Å². The van der Waals surface area contributed by atoms with E-state index in [0.717, 1.165) is 18.3 Å². The Bertz CT molecular complexity index is 328. The molecule has 0 aliphatic carbocycles.